The number of nitrogens with two attached hydrogens (primary N) is 1. The van der Waals surface area contributed by atoms with Gasteiger partial charge in [-0.05, 0) is 12.5 Å². The van der Waals surface area contributed by atoms with E-state index in [2.05, 4.69) is 6.92 Å². The number of ether oxygens (including phenoxy) is 2. The van der Waals surface area contributed by atoms with Gasteiger partial charge in [0.2, 0.25) is 0 Å². The lowest BCUT2D eigenvalue weighted by Gasteiger charge is -2.18. The molecule has 0 spiro atoms. The minimum Gasteiger partial charge on any atom is -0.496 e. The monoisotopic (exact) mass is 223 g/mol. The molecule has 2 N–H and O–H groups in total. The first-order chi connectivity index (χ1) is 7.83. The fraction of sp³-hybridized carbons (Fsp3) is 0.538. The summed E-state index contributed by atoms with van der Waals surface area (Å²) in [6, 6.07) is 7.86. The van der Waals surface area contributed by atoms with Crippen molar-refractivity contribution in [1.29, 1.82) is 0 Å². The van der Waals surface area contributed by atoms with Crippen molar-refractivity contribution in [1.82, 2.24) is 0 Å². The highest BCUT2D eigenvalue weighted by atomic mass is 16.5. The van der Waals surface area contributed by atoms with Crippen LogP contribution >= 0.6 is 0 Å². The summed E-state index contributed by atoms with van der Waals surface area (Å²) in [6.45, 7) is 3.37. The predicted molar refractivity (Wildman–Crippen MR) is 65.6 cm³/mol. The maximum Gasteiger partial charge on any atom is 0.124 e. The third-order valence-corrected chi connectivity index (χ3v) is 2.52. The zero-order chi connectivity index (χ0) is 11.8. The SMILES string of the molecule is CCCCOC(CN)c1ccccc1OC. The van der Waals surface area contributed by atoms with Crippen LogP contribution in [0.25, 0.3) is 0 Å². The van der Waals surface area contributed by atoms with Crippen molar-refractivity contribution in [2.24, 2.45) is 5.73 Å². The standard InChI is InChI=1S/C13H21NO2/c1-3-4-9-16-13(10-14)11-7-5-6-8-12(11)15-2/h5-8,13H,3-4,9-10,14H2,1-2H3. The summed E-state index contributed by atoms with van der Waals surface area (Å²) in [5.74, 6) is 0.842. The zero-order valence-corrected chi connectivity index (χ0v) is 10.1. The fourth-order valence-corrected chi connectivity index (χ4v) is 1.59. The molecule has 1 aromatic rings. The Labute approximate surface area is 97.6 Å². The van der Waals surface area contributed by atoms with Gasteiger partial charge in [-0.25, -0.2) is 0 Å². The topological polar surface area (TPSA) is 44.5 Å². The van der Waals surface area contributed by atoms with E-state index in [4.69, 9.17) is 15.2 Å². The Bertz CT molecular complexity index is 302. The summed E-state index contributed by atoms with van der Waals surface area (Å²) in [5.41, 5.74) is 6.76. The molecule has 3 nitrogen and oxygen atoms in total. The molecule has 1 aromatic carbocycles. The van der Waals surface area contributed by atoms with Crippen LogP contribution in [0.5, 0.6) is 5.75 Å². The van der Waals surface area contributed by atoms with E-state index in [1.807, 2.05) is 24.3 Å². The number of hydrogen-bond donors (Lipinski definition) is 1. The summed E-state index contributed by atoms with van der Waals surface area (Å²) in [7, 11) is 1.67. The summed E-state index contributed by atoms with van der Waals surface area (Å²) in [4.78, 5) is 0. The van der Waals surface area contributed by atoms with Gasteiger partial charge in [0.1, 0.15) is 5.75 Å². The van der Waals surface area contributed by atoms with Crippen LogP contribution in [-0.2, 0) is 4.74 Å². The number of methoxy groups -OCH3 is 1. The maximum atomic E-state index is 5.76. The molecule has 1 unspecified atom stereocenters. The lowest BCUT2D eigenvalue weighted by atomic mass is 10.1. The first-order valence-electron chi connectivity index (χ1n) is 5.78. The number of benzene rings is 1. The Morgan fingerprint density at radius 3 is 2.69 bits per heavy atom. The van der Waals surface area contributed by atoms with E-state index >= 15 is 0 Å². The van der Waals surface area contributed by atoms with E-state index in [1.54, 1.807) is 7.11 Å². The highest BCUT2D eigenvalue weighted by Crippen LogP contribution is 2.26. The third kappa shape index (κ3) is 3.51. The van der Waals surface area contributed by atoms with Gasteiger partial charge in [-0.1, -0.05) is 31.5 Å². The molecule has 0 aliphatic heterocycles. The summed E-state index contributed by atoms with van der Waals surface area (Å²) < 4.78 is 11.1. The van der Waals surface area contributed by atoms with Crippen LogP contribution in [0.1, 0.15) is 31.4 Å². The molecule has 0 radical (unpaired) electrons. The smallest absolute Gasteiger partial charge is 0.124 e. The summed E-state index contributed by atoms with van der Waals surface area (Å²) >= 11 is 0. The molecular weight excluding hydrogens is 202 g/mol. The van der Waals surface area contributed by atoms with Crippen molar-refractivity contribution >= 4 is 0 Å². The van der Waals surface area contributed by atoms with Crippen LogP contribution in [0.3, 0.4) is 0 Å². The molecule has 16 heavy (non-hydrogen) atoms. The molecule has 0 aliphatic carbocycles. The Hall–Kier alpha value is -1.06. The van der Waals surface area contributed by atoms with Gasteiger partial charge in [-0.15, -0.1) is 0 Å². The molecule has 90 valence electrons. The van der Waals surface area contributed by atoms with Gasteiger partial charge < -0.3 is 15.2 Å². The van der Waals surface area contributed by atoms with Crippen molar-refractivity contribution in [3.05, 3.63) is 29.8 Å². The minimum atomic E-state index is -0.0669. The number of rotatable bonds is 7. The van der Waals surface area contributed by atoms with Crippen molar-refractivity contribution in [3.63, 3.8) is 0 Å². The van der Waals surface area contributed by atoms with Crippen LogP contribution in [-0.4, -0.2) is 20.3 Å². The molecule has 0 aromatic heterocycles. The number of para-hydroxylation sites is 1. The average Bonchev–Trinajstić information content (AvgIpc) is 2.35. The highest BCUT2D eigenvalue weighted by molar-refractivity contribution is 5.35. The van der Waals surface area contributed by atoms with Crippen molar-refractivity contribution in [3.8, 4) is 5.75 Å². The van der Waals surface area contributed by atoms with Crippen molar-refractivity contribution in [2.45, 2.75) is 25.9 Å². The first kappa shape index (κ1) is 13.0. The highest BCUT2D eigenvalue weighted by Gasteiger charge is 2.14. The molecule has 0 aliphatic rings. The van der Waals surface area contributed by atoms with E-state index in [-0.39, 0.29) is 6.10 Å². The zero-order valence-electron chi connectivity index (χ0n) is 10.1. The van der Waals surface area contributed by atoms with Crippen LogP contribution in [0, 0.1) is 0 Å². The van der Waals surface area contributed by atoms with Gasteiger partial charge in [-0.2, -0.15) is 0 Å². The van der Waals surface area contributed by atoms with E-state index in [1.165, 1.54) is 0 Å². The molecule has 0 fully saturated rings. The molecule has 0 saturated carbocycles. The Kier molecular flexibility index (Phi) is 5.90. The van der Waals surface area contributed by atoms with Crippen LogP contribution < -0.4 is 10.5 Å². The quantitative estimate of drug-likeness (QED) is 0.722. The number of unbranched alkanes of at least 4 members (excludes halogenated alkanes) is 1. The van der Waals surface area contributed by atoms with Crippen LogP contribution in [0.2, 0.25) is 0 Å². The van der Waals surface area contributed by atoms with Gasteiger partial charge >= 0.3 is 0 Å². The van der Waals surface area contributed by atoms with Gasteiger partial charge in [0.25, 0.3) is 0 Å². The van der Waals surface area contributed by atoms with Crippen molar-refractivity contribution in [2.75, 3.05) is 20.3 Å². The number of hydrogen-bond acceptors (Lipinski definition) is 3. The predicted octanol–water partition coefficient (Wildman–Crippen LogP) is 2.51. The second-order valence-electron chi connectivity index (χ2n) is 3.69. The maximum absolute atomic E-state index is 5.76. The molecule has 1 rings (SSSR count). The molecule has 0 bridgehead atoms. The van der Waals surface area contributed by atoms with Crippen LogP contribution in [0.15, 0.2) is 24.3 Å². The normalized spacial score (nSPS) is 12.4. The average molecular weight is 223 g/mol. The fourth-order valence-electron chi connectivity index (χ4n) is 1.59. The van der Waals surface area contributed by atoms with E-state index in [9.17, 15) is 0 Å². The van der Waals surface area contributed by atoms with Gasteiger partial charge in [0, 0.05) is 18.7 Å². The lowest BCUT2D eigenvalue weighted by Crippen LogP contribution is -2.17. The Morgan fingerprint density at radius 2 is 2.06 bits per heavy atom. The minimum absolute atomic E-state index is 0.0669. The molecule has 0 saturated heterocycles. The van der Waals surface area contributed by atoms with Crippen molar-refractivity contribution < 1.29 is 9.47 Å². The Morgan fingerprint density at radius 1 is 1.31 bits per heavy atom. The molecule has 3 heteroatoms. The molecule has 1 atom stereocenters. The largest absolute Gasteiger partial charge is 0.496 e. The third-order valence-electron chi connectivity index (χ3n) is 2.52. The van der Waals surface area contributed by atoms with E-state index in [0.717, 1.165) is 30.8 Å². The first-order valence-corrected chi connectivity index (χ1v) is 5.78. The summed E-state index contributed by atoms with van der Waals surface area (Å²) in [6.07, 6.45) is 2.12. The van der Waals surface area contributed by atoms with E-state index in [0.29, 0.717) is 6.54 Å². The van der Waals surface area contributed by atoms with Crippen LogP contribution in [0.4, 0.5) is 0 Å². The molecule has 0 amide bonds. The second-order valence-corrected chi connectivity index (χ2v) is 3.69. The van der Waals surface area contributed by atoms with Gasteiger partial charge in [0.05, 0.1) is 13.2 Å². The van der Waals surface area contributed by atoms with Gasteiger partial charge in [0.15, 0.2) is 0 Å². The molecule has 0 heterocycles. The Balaban J connectivity index is 2.69. The lowest BCUT2D eigenvalue weighted by molar-refractivity contribution is 0.0550. The van der Waals surface area contributed by atoms with Gasteiger partial charge in [-0.3, -0.25) is 0 Å². The summed E-state index contributed by atoms with van der Waals surface area (Å²) in [5, 5.41) is 0. The van der Waals surface area contributed by atoms with E-state index < -0.39 is 0 Å². The second kappa shape index (κ2) is 7.25. The molecular formula is C13H21NO2.